The largest absolute Gasteiger partial charge is 0.353 e. The van der Waals surface area contributed by atoms with Crippen molar-refractivity contribution in [1.82, 2.24) is 10.2 Å². The number of nitrogens with one attached hydrogen (secondary N) is 1. The molecule has 0 saturated heterocycles. The van der Waals surface area contributed by atoms with Gasteiger partial charge in [-0.15, -0.1) is 24.8 Å². The van der Waals surface area contributed by atoms with Crippen molar-refractivity contribution >= 4 is 30.7 Å². The molecule has 4 nitrogen and oxygen atoms in total. The summed E-state index contributed by atoms with van der Waals surface area (Å²) in [5, 5.41) is 3.07. The van der Waals surface area contributed by atoms with Gasteiger partial charge < -0.3 is 16.0 Å². The number of amides is 1. The molecule has 0 aliphatic heterocycles. The molecule has 0 aromatic carbocycles. The number of hydrogen-bond donors (Lipinski definition) is 2. The third-order valence-corrected chi connectivity index (χ3v) is 4.63. The Balaban J connectivity index is 0. The molecule has 6 heteroatoms. The zero-order valence-corrected chi connectivity index (χ0v) is 15.6. The van der Waals surface area contributed by atoms with E-state index in [2.05, 4.69) is 31.2 Å². The Bertz CT molecular complexity index is 313. The first-order valence-electron chi connectivity index (χ1n) is 7.49. The number of hydrogen-bond acceptors (Lipinski definition) is 3. The van der Waals surface area contributed by atoms with E-state index in [1.807, 2.05) is 13.8 Å². The van der Waals surface area contributed by atoms with E-state index in [0.717, 1.165) is 18.8 Å². The molecule has 0 heterocycles. The van der Waals surface area contributed by atoms with Gasteiger partial charge >= 0.3 is 0 Å². The second-order valence-electron chi connectivity index (χ2n) is 6.81. The van der Waals surface area contributed by atoms with Gasteiger partial charge in [0.15, 0.2) is 0 Å². The number of carbonyl (C=O) groups is 1. The lowest BCUT2D eigenvalue weighted by atomic mass is 9.75. The summed E-state index contributed by atoms with van der Waals surface area (Å²) in [5.74, 6) is 0.891. The van der Waals surface area contributed by atoms with E-state index in [4.69, 9.17) is 5.73 Å². The lowest BCUT2D eigenvalue weighted by molar-refractivity contribution is -0.124. The monoisotopic (exact) mass is 341 g/mol. The van der Waals surface area contributed by atoms with Crippen molar-refractivity contribution in [2.24, 2.45) is 17.6 Å². The van der Waals surface area contributed by atoms with Crippen molar-refractivity contribution in [3.63, 3.8) is 0 Å². The second kappa shape index (κ2) is 9.88. The highest BCUT2D eigenvalue weighted by atomic mass is 35.5. The van der Waals surface area contributed by atoms with Gasteiger partial charge in [0.05, 0.1) is 6.04 Å². The standard InChI is InChI=1S/C15H31N3O.2ClH/c1-11(2)13(16)14(19)17-10-15(18(4)5)8-6-7-12(3)9-15;;/h11-13H,6-10,16H2,1-5H3,(H,17,19);2*1H. The van der Waals surface area contributed by atoms with Crippen molar-refractivity contribution in [2.45, 2.75) is 58.0 Å². The summed E-state index contributed by atoms with van der Waals surface area (Å²) < 4.78 is 0. The Kier molecular flexibility index (Phi) is 10.9. The summed E-state index contributed by atoms with van der Waals surface area (Å²) in [6.07, 6.45) is 4.85. The molecule has 1 saturated carbocycles. The van der Waals surface area contributed by atoms with Gasteiger partial charge in [0.25, 0.3) is 0 Å². The Hall–Kier alpha value is -0.0300. The van der Waals surface area contributed by atoms with Crippen molar-refractivity contribution < 1.29 is 4.79 Å². The van der Waals surface area contributed by atoms with Crippen molar-refractivity contribution in [3.8, 4) is 0 Å². The van der Waals surface area contributed by atoms with Crippen LogP contribution < -0.4 is 11.1 Å². The number of likely N-dealkylation sites (N-methyl/N-ethyl adjacent to an activating group) is 1. The number of carbonyl (C=O) groups excluding carboxylic acids is 1. The SMILES string of the molecule is CC1CCCC(CNC(=O)C(N)C(C)C)(N(C)C)C1.Cl.Cl. The third-order valence-electron chi connectivity index (χ3n) is 4.63. The zero-order chi connectivity index (χ0) is 14.6. The molecule has 1 amide bonds. The number of halogens is 2. The summed E-state index contributed by atoms with van der Waals surface area (Å²) in [7, 11) is 4.24. The highest BCUT2D eigenvalue weighted by molar-refractivity contribution is 5.85. The molecule has 1 rings (SSSR count). The number of nitrogens with two attached hydrogens (primary N) is 1. The van der Waals surface area contributed by atoms with Gasteiger partial charge in [-0.05, 0) is 38.8 Å². The van der Waals surface area contributed by atoms with Crippen molar-refractivity contribution in [2.75, 3.05) is 20.6 Å². The summed E-state index contributed by atoms with van der Waals surface area (Å²) >= 11 is 0. The lowest BCUT2D eigenvalue weighted by Gasteiger charge is -2.45. The number of nitrogens with zero attached hydrogens (tertiary/aromatic N) is 1. The van der Waals surface area contributed by atoms with E-state index < -0.39 is 6.04 Å². The normalized spacial score (nSPS) is 26.8. The highest BCUT2D eigenvalue weighted by Crippen LogP contribution is 2.35. The van der Waals surface area contributed by atoms with Gasteiger partial charge in [-0.3, -0.25) is 4.79 Å². The molecule has 3 unspecified atom stereocenters. The summed E-state index contributed by atoms with van der Waals surface area (Å²) in [6, 6.07) is -0.403. The molecule has 21 heavy (non-hydrogen) atoms. The fourth-order valence-electron chi connectivity index (χ4n) is 3.03. The predicted octanol–water partition coefficient (Wildman–Crippen LogP) is 2.44. The quantitative estimate of drug-likeness (QED) is 0.807. The molecule has 0 bridgehead atoms. The molecule has 1 aliphatic carbocycles. The van der Waals surface area contributed by atoms with Crippen LogP contribution in [-0.4, -0.2) is 43.0 Å². The summed E-state index contributed by atoms with van der Waals surface area (Å²) in [5.41, 5.74) is 6.00. The topological polar surface area (TPSA) is 58.4 Å². The summed E-state index contributed by atoms with van der Waals surface area (Å²) in [4.78, 5) is 14.3. The van der Waals surface area contributed by atoms with Crippen molar-refractivity contribution in [1.29, 1.82) is 0 Å². The van der Waals surface area contributed by atoms with Gasteiger partial charge in [0.1, 0.15) is 0 Å². The molecule has 0 aromatic rings. The van der Waals surface area contributed by atoms with Crippen LogP contribution in [-0.2, 0) is 4.79 Å². The molecular formula is C15H33Cl2N3O. The molecule has 128 valence electrons. The van der Waals surface area contributed by atoms with Crippen LogP contribution in [0.5, 0.6) is 0 Å². The van der Waals surface area contributed by atoms with Crippen LogP contribution in [0.25, 0.3) is 0 Å². The first kappa shape index (κ1) is 23.2. The van der Waals surface area contributed by atoms with E-state index >= 15 is 0 Å². The molecular weight excluding hydrogens is 309 g/mol. The lowest BCUT2D eigenvalue weighted by Crippen LogP contribution is -2.57. The minimum atomic E-state index is -0.403. The fourth-order valence-corrected chi connectivity index (χ4v) is 3.03. The van der Waals surface area contributed by atoms with Crippen LogP contribution in [0.1, 0.15) is 46.5 Å². The van der Waals surface area contributed by atoms with Crippen LogP contribution in [0.4, 0.5) is 0 Å². The van der Waals surface area contributed by atoms with Gasteiger partial charge in [-0.25, -0.2) is 0 Å². The third kappa shape index (κ3) is 6.31. The van der Waals surface area contributed by atoms with Gasteiger partial charge in [0, 0.05) is 12.1 Å². The average Bonchev–Trinajstić information content (AvgIpc) is 2.34. The summed E-state index contributed by atoms with van der Waals surface area (Å²) in [6.45, 7) is 6.98. The average molecular weight is 342 g/mol. The molecule has 1 fully saturated rings. The maximum absolute atomic E-state index is 12.0. The van der Waals surface area contributed by atoms with Crippen molar-refractivity contribution in [3.05, 3.63) is 0 Å². The predicted molar refractivity (Wildman–Crippen MR) is 94.4 cm³/mol. The van der Waals surface area contributed by atoms with Crippen LogP contribution in [0.15, 0.2) is 0 Å². The Morgan fingerprint density at radius 1 is 1.38 bits per heavy atom. The van der Waals surface area contributed by atoms with Crippen LogP contribution in [0.2, 0.25) is 0 Å². The Morgan fingerprint density at radius 2 is 1.95 bits per heavy atom. The van der Waals surface area contributed by atoms with Gasteiger partial charge in [-0.1, -0.05) is 33.6 Å². The number of rotatable bonds is 5. The minimum absolute atomic E-state index is 0. The van der Waals surface area contributed by atoms with Crippen LogP contribution in [0, 0.1) is 11.8 Å². The Morgan fingerprint density at radius 3 is 2.38 bits per heavy atom. The van der Waals surface area contributed by atoms with Crippen LogP contribution >= 0.6 is 24.8 Å². The molecule has 0 spiro atoms. The molecule has 0 aromatic heterocycles. The first-order chi connectivity index (χ1) is 8.78. The molecule has 0 radical (unpaired) electrons. The molecule has 3 N–H and O–H groups in total. The minimum Gasteiger partial charge on any atom is -0.353 e. The molecule has 3 atom stereocenters. The first-order valence-corrected chi connectivity index (χ1v) is 7.49. The van der Waals surface area contributed by atoms with Gasteiger partial charge in [0.2, 0.25) is 5.91 Å². The Labute approximate surface area is 142 Å². The van der Waals surface area contributed by atoms with E-state index in [9.17, 15) is 4.79 Å². The van der Waals surface area contributed by atoms with E-state index in [0.29, 0.717) is 6.54 Å². The second-order valence-corrected chi connectivity index (χ2v) is 6.81. The van der Waals surface area contributed by atoms with Crippen LogP contribution in [0.3, 0.4) is 0 Å². The van der Waals surface area contributed by atoms with E-state index in [1.165, 1.54) is 12.8 Å². The maximum Gasteiger partial charge on any atom is 0.237 e. The highest BCUT2D eigenvalue weighted by Gasteiger charge is 2.37. The molecule has 1 aliphatic rings. The fraction of sp³-hybridized carbons (Fsp3) is 0.933. The smallest absolute Gasteiger partial charge is 0.237 e. The zero-order valence-electron chi connectivity index (χ0n) is 14.0. The van der Waals surface area contributed by atoms with Gasteiger partial charge in [-0.2, -0.15) is 0 Å². The van der Waals surface area contributed by atoms with E-state index in [-0.39, 0.29) is 42.2 Å². The van der Waals surface area contributed by atoms with E-state index in [1.54, 1.807) is 0 Å². The maximum atomic E-state index is 12.0.